The largest absolute Gasteiger partial charge is 0.255 e. The second-order valence-electron chi connectivity index (χ2n) is 5.29. The fourth-order valence-electron chi connectivity index (χ4n) is 2.32. The van der Waals surface area contributed by atoms with Gasteiger partial charge in [-0.3, -0.25) is 9.97 Å². The van der Waals surface area contributed by atoms with E-state index in [4.69, 9.17) is 0 Å². The fraction of sp³-hybridized carbons (Fsp3) is 0.294. The summed E-state index contributed by atoms with van der Waals surface area (Å²) in [5.41, 5.74) is 4.77. The van der Waals surface area contributed by atoms with Gasteiger partial charge in [0, 0.05) is 12.4 Å². The van der Waals surface area contributed by atoms with Gasteiger partial charge in [0.15, 0.2) is 0 Å². The molecule has 0 aromatic carbocycles. The van der Waals surface area contributed by atoms with E-state index in [1.807, 2.05) is 12.4 Å². The highest BCUT2D eigenvalue weighted by molar-refractivity contribution is 7.22. The van der Waals surface area contributed by atoms with E-state index in [2.05, 4.69) is 55.0 Å². The summed E-state index contributed by atoms with van der Waals surface area (Å²) in [7, 11) is 0. The minimum Gasteiger partial charge on any atom is -0.255 e. The van der Waals surface area contributed by atoms with Crippen LogP contribution >= 0.6 is 11.3 Å². The van der Waals surface area contributed by atoms with Crippen molar-refractivity contribution >= 4 is 21.6 Å². The third kappa shape index (κ3) is 2.34. The van der Waals surface area contributed by atoms with Gasteiger partial charge in [0.25, 0.3) is 0 Å². The van der Waals surface area contributed by atoms with E-state index < -0.39 is 0 Å². The van der Waals surface area contributed by atoms with Crippen LogP contribution in [0.2, 0.25) is 0 Å². The molecular formula is C17H18N2S. The molecule has 3 heteroatoms. The number of hydrogen-bond donors (Lipinski definition) is 0. The van der Waals surface area contributed by atoms with Crippen LogP contribution in [0.25, 0.3) is 20.8 Å². The third-order valence-electron chi connectivity index (χ3n) is 3.55. The van der Waals surface area contributed by atoms with E-state index in [1.165, 1.54) is 20.7 Å². The second kappa shape index (κ2) is 5.33. The quantitative estimate of drug-likeness (QED) is 0.672. The van der Waals surface area contributed by atoms with Crippen LogP contribution in [0.4, 0.5) is 0 Å². The van der Waals surface area contributed by atoms with E-state index in [9.17, 15) is 0 Å². The summed E-state index contributed by atoms with van der Waals surface area (Å²) in [5, 5.41) is 0. The van der Waals surface area contributed by atoms with Crippen molar-refractivity contribution in [1.82, 2.24) is 9.97 Å². The monoisotopic (exact) mass is 282 g/mol. The van der Waals surface area contributed by atoms with Crippen molar-refractivity contribution < 1.29 is 0 Å². The maximum absolute atomic E-state index is 4.57. The lowest BCUT2D eigenvalue weighted by Crippen LogP contribution is -1.87. The molecular weight excluding hydrogens is 264 g/mol. The Labute approximate surface area is 123 Å². The first-order valence-corrected chi connectivity index (χ1v) is 7.84. The van der Waals surface area contributed by atoms with Crippen LogP contribution in [0.3, 0.4) is 0 Å². The highest BCUT2D eigenvalue weighted by Gasteiger charge is 2.11. The molecule has 0 unspecified atom stereocenters. The Morgan fingerprint density at radius 2 is 2.00 bits per heavy atom. The zero-order valence-electron chi connectivity index (χ0n) is 12.1. The van der Waals surface area contributed by atoms with Crippen LogP contribution in [0.15, 0.2) is 36.7 Å². The molecule has 20 heavy (non-hydrogen) atoms. The number of thiophene rings is 1. The molecule has 0 spiro atoms. The summed E-state index contributed by atoms with van der Waals surface area (Å²) in [6.07, 6.45) is 4.90. The van der Waals surface area contributed by atoms with Crippen LogP contribution < -0.4 is 0 Å². The van der Waals surface area contributed by atoms with Gasteiger partial charge in [-0.2, -0.15) is 0 Å². The molecule has 3 rings (SSSR count). The van der Waals surface area contributed by atoms with Crippen LogP contribution in [-0.4, -0.2) is 9.97 Å². The Morgan fingerprint density at radius 3 is 2.65 bits per heavy atom. The Balaban J connectivity index is 2.10. The number of aryl methyl sites for hydroxylation is 1. The molecule has 0 aliphatic heterocycles. The summed E-state index contributed by atoms with van der Waals surface area (Å²) in [6.45, 7) is 6.60. The smallest absolute Gasteiger partial charge is 0.0819 e. The Hall–Kier alpha value is -1.74. The molecule has 0 N–H and O–H groups in total. The first-order chi connectivity index (χ1) is 9.69. The lowest BCUT2D eigenvalue weighted by molar-refractivity contribution is 0.876. The fourth-order valence-corrected chi connectivity index (χ4v) is 3.57. The highest BCUT2D eigenvalue weighted by Crippen LogP contribution is 2.35. The molecule has 3 heterocycles. The summed E-state index contributed by atoms with van der Waals surface area (Å²) in [4.78, 5) is 10.3. The lowest BCUT2D eigenvalue weighted by atomic mass is 10.0. The molecule has 0 bridgehead atoms. The normalized spacial score (nSPS) is 11.4. The summed E-state index contributed by atoms with van der Waals surface area (Å²) < 4.78 is 1.29. The SMILES string of the molecule is CCc1ccc(-c2cc3nccc(C(C)C)c3s2)nc1. The maximum atomic E-state index is 4.57. The van der Waals surface area contributed by atoms with Crippen molar-refractivity contribution in [3.63, 3.8) is 0 Å². The first-order valence-electron chi connectivity index (χ1n) is 7.02. The Bertz CT molecular complexity index is 726. The van der Waals surface area contributed by atoms with Gasteiger partial charge in [-0.1, -0.05) is 26.8 Å². The van der Waals surface area contributed by atoms with Crippen molar-refractivity contribution in [2.75, 3.05) is 0 Å². The summed E-state index contributed by atoms with van der Waals surface area (Å²) in [5.74, 6) is 0.516. The predicted octanol–water partition coefficient (Wildman–Crippen LogP) is 5.04. The lowest BCUT2D eigenvalue weighted by Gasteiger charge is -2.05. The third-order valence-corrected chi connectivity index (χ3v) is 4.75. The van der Waals surface area contributed by atoms with Gasteiger partial charge in [-0.25, -0.2) is 0 Å². The number of rotatable bonds is 3. The van der Waals surface area contributed by atoms with E-state index in [0.29, 0.717) is 5.92 Å². The van der Waals surface area contributed by atoms with Crippen LogP contribution in [0.1, 0.15) is 37.8 Å². The second-order valence-corrected chi connectivity index (χ2v) is 6.34. The van der Waals surface area contributed by atoms with Crippen molar-refractivity contribution in [2.45, 2.75) is 33.1 Å². The Kier molecular flexibility index (Phi) is 3.53. The minimum absolute atomic E-state index is 0.516. The maximum Gasteiger partial charge on any atom is 0.0819 e. The van der Waals surface area contributed by atoms with Crippen molar-refractivity contribution in [2.24, 2.45) is 0 Å². The number of hydrogen-bond acceptors (Lipinski definition) is 3. The van der Waals surface area contributed by atoms with Crippen LogP contribution in [0.5, 0.6) is 0 Å². The molecule has 0 saturated carbocycles. The molecule has 0 amide bonds. The van der Waals surface area contributed by atoms with E-state index >= 15 is 0 Å². The summed E-state index contributed by atoms with van der Waals surface area (Å²) >= 11 is 1.79. The molecule has 2 nitrogen and oxygen atoms in total. The molecule has 0 radical (unpaired) electrons. The number of fused-ring (bicyclic) bond motifs is 1. The molecule has 0 atom stereocenters. The zero-order valence-corrected chi connectivity index (χ0v) is 12.9. The van der Waals surface area contributed by atoms with E-state index in [-0.39, 0.29) is 0 Å². The molecule has 0 fully saturated rings. The van der Waals surface area contributed by atoms with Gasteiger partial charge in [-0.15, -0.1) is 11.3 Å². The number of pyridine rings is 2. The molecule has 3 aromatic heterocycles. The van der Waals surface area contributed by atoms with Crippen LogP contribution in [-0.2, 0) is 6.42 Å². The van der Waals surface area contributed by atoms with E-state index in [0.717, 1.165) is 17.6 Å². The summed E-state index contributed by atoms with van der Waals surface area (Å²) in [6, 6.07) is 8.54. The van der Waals surface area contributed by atoms with Gasteiger partial charge in [0.05, 0.1) is 20.8 Å². The minimum atomic E-state index is 0.516. The van der Waals surface area contributed by atoms with Gasteiger partial charge in [-0.05, 0) is 41.7 Å². The Morgan fingerprint density at radius 1 is 1.15 bits per heavy atom. The predicted molar refractivity (Wildman–Crippen MR) is 86.3 cm³/mol. The van der Waals surface area contributed by atoms with Gasteiger partial charge in [0.1, 0.15) is 0 Å². The van der Waals surface area contributed by atoms with Crippen molar-refractivity contribution in [1.29, 1.82) is 0 Å². The topological polar surface area (TPSA) is 25.8 Å². The average Bonchev–Trinajstić information content (AvgIpc) is 2.90. The number of nitrogens with zero attached hydrogens (tertiary/aromatic N) is 2. The van der Waals surface area contributed by atoms with Crippen molar-refractivity contribution in [3.05, 3.63) is 47.8 Å². The molecule has 3 aromatic rings. The molecule has 0 aliphatic carbocycles. The van der Waals surface area contributed by atoms with Crippen molar-refractivity contribution in [3.8, 4) is 10.6 Å². The average molecular weight is 282 g/mol. The molecule has 102 valence electrons. The van der Waals surface area contributed by atoms with Gasteiger partial charge >= 0.3 is 0 Å². The standard InChI is InChI=1S/C17H18N2S/c1-4-12-5-6-14(19-10-12)16-9-15-17(20-16)13(11(2)3)7-8-18-15/h5-11H,4H2,1-3H3. The highest BCUT2D eigenvalue weighted by atomic mass is 32.1. The van der Waals surface area contributed by atoms with Gasteiger partial charge < -0.3 is 0 Å². The zero-order chi connectivity index (χ0) is 14.1. The molecule has 0 saturated heterocycles. The molecule has 0 aliphatic rings. The van der Waals surface area contributed by atoms with Gasteiger partial charge in [0.2, 0.25) is 0 Å². The van der Waals surface area contributed by atoms with Crippen LogP contribution in [0, 0.1) is 0 Å². The first kappa shape index (κ1) is 13.3. The van der Waals surface area contributed by atoms with E-state index in [1.54, 1.807) is 11.3 Å². The number of aromatic nitrogens is 2.